The summed E-state index contributed by atoms with van der Waals surface area (Å²) in [5.41, 5.74) is 2.27. The topological polar surface area (TPSA) is 35.7 Å². The smallest absolute Gasteiger partial charge is 0.312 e. The van der Waals surface area contributed by atoms with E-state index in [-0.39, 0.29) is 24.0 Å². The van der Waals surface area contributed by atoms with Gasteiger partial charge < -0.3 is 24.0 Å². The third kappa shape index (κ3) is 1.13. The lowest BCUT2D eigenvalue weighted by Crippen LogP contribution is -3.00. The summed E-state index contributed by atoms with van der Waals surface area (Å²) in [6.07, 6.45) is 3.88. The summed E-state index contributed by atoms with van der Waals surface area (Å²) in [5.74, 6) is 0. The van der Waals surface area contributed by atoms with Crippen molar-refractivity contribution in [2.75, 3.05) is 0 Å². The van der Waals surface area contributed by atoms with Crippen molar-refractivity contribution in [3.63, 3.8) is 0 Å². The maximum absolute atomic E-state index is 3.24. The van der Waals surface area contributed by atoms with E-state index in [4.69, 9.17) is 0 Å². The van der Waals surface area contributed by atoms with Gasteiger partial charge in [-0.3, -0.25) is 0 Å². The Balaban J connectivity index is 0.000000653. The third-order valence-corrected chi connectivity index (χ3v) is 2.11. The molecule has 0 bridgehead atoms. The van der Waals surface area contributed by atoms with E-state index >= 15 is 0 Å². The largest absolute Gasteiger partial charge is 1.00 e. The molecule has 3 rings (SSSR count). The average Bonchev–Trinajstić information content (AvgIpc) is 2.62. The number of hydrogen-bond acceptors (Lipinski definition) is 0. The van der Waals surface area contributed by atoms with Crippen molar-refractivity contribution in [3.8, 4) is 0 Å². The summed E-state index contributed by atoms with van der Waals surface area (Å²) in [4.78, 5) is 3.17. The van der Waals surface area contributed by atoms with Gasteiger partial charge in [-0.2, -0.15) is 0 Å². The van der Waals surface area contributed by atoms with Crippen LogP contribution >= 0.6 is 0 Å². The first-order chi connectivity index (χ1) is 5.95. The highest BCUT2D eigenvalue weighted by atomic mass is 127. The Kier molecular flexibility index (Phi) is 1.99. The van der Waals surface area contributed by atoms with E-state index in [1.807, 2.05) is 29.0 Å². The Morgan fingerprint density at radius 3 is 2.92 bits per heavy atom. The number of aromatic amines is 2. The molecule has 2 heterocycles. The van der Waals surface area contributed by atoms with Gasteiger partial charge in [-0.25, -0.2) is 10.1 Å². The minimum absolute atomic E-state index is 0. The lowest BCUT2D eigenvalue weighted by Gasteiger charge is -1.80. The first-order valence-electron chi connectivity index (χ1n) is 3.90. The summed E-state index contributed by atoms with van der Waals surface area (Å²) < 4.78 is 1.98. The predicted octanol–water partition coefficient (Wildman–Crippen LogP) is -1.76. The summed E-state index contributed by atoms with van der Waals surface area (Å²) in [5, 5.41) is 4.47. The number of nitrogens with one attached hydrogen (secondary N) is 2. The van der Waals surface area contributed by atoms with Crippen molar-refractivity contribution in [1.29, 1.82) is 0 Å². The Morgan fingerprint density at radius 2 is 2.00 bits per heavy atom. The van der Waals surface area contributed by atoms with Gasteiger partial charge in [0.05, 0.1) is 10.9 Å². The van der Waals surface area contributed by atoms with Crippen molar-refractivity contribution < 1.29 is 28.5 Å². The summed E-state index contributed by atoms with van der Waals surface area (Å²) in [7, 11) is 0. The molecule has 0 saturated heterocycles. The van der Waals surface area contributed by atoms with E-state index in [0.717, 1.165) is 11.2 Å². The maximum atomic E-state index is 3.24. The first kappa shape index (κ1) is 8.55. The van der Waals surface area contributed by atoms with Gasteiger partial charge in [-0.05, 0) is 12.1 Å². The fourth-order valence-corrected chi connectivity index (χ4v) is 1.55. The molecule has 0 amide bonds. The van der Waals surface area contributed by atoms with Gasteiger partial charge in [0.15, 0.2) is 6.20 Å². The Bertz CT molecular complexity index is 537. The minimum atomic E-state index is 0. The van der Waals surface area contributed by atoms with Gasteiger partial charge in [0.2, 0.25) is 0 Å². The van der Waals surface area contributed by atoms with Crippen LogP contribution in [0.15, 0.2) is 36.7 Å². The molecule has 0 aliphatic carbocycles. The van der Waals surface area contributed by atoms with Gasteiger partial charge in [-0.1, -0.05) is 12.1 Å². The number of rotatable bonds is 0. The van der Waals surface area contributed by atoms with Crippen molar-refractivity contribution in [1.82, 2.24) is 10.1 Å². The van der Waals surface area contributed by atoms with Crippen LogP contribution in [0.4, 0.5) is 0 Å². The number of halogens is 1. The van der Waals surface area contributed by atoms with Crippen LogP contribution in [-0.4, -0.2) is 10.1 Å². The SMILES string of the molecule is [I-].c1ccc2c(c1)[nH][n+]1cc[nH]c21. The molecule has 1 aromatic carbocycles. The quantitative estimate of drug-likeness (QED) is 0.363. The summed E-state index contributed by atoms with van der Waals surface area (Å²) >= 11 is 0. The first-order valence-corrected chi connectivity index (χ1v) is 3.90. The predicted molar refractivity (Wildman–Crippen MR) is 45.8 cm³/mol. The van der Waals surface area contributed by atoms with Crippen LogP contribution in [0.3, 0.4) is 0 Å². The normalized spacial score (nSPS) is 10.5. The fraction of sp³-hybridized carbons (Fsp3) is 0. The molecular formula is C9H8IN3. The van der Waals surface area contributed by atoms with Gasteiger partial charge >= 0.3 is 5.65 Å². The monoisotopic (exact) mass is 285 g/mol. The molecule has 4 heteroatoms. The Hall–Kier alpha value is -1.04. The zero-order valence-electron chi connectivity index (χ0n) is 6.79. The standard InChI is InChI=1S/C9H7N3.HI/c1-2-4-8-7(3-1)9-10-5-6-12(9)11-8;/h1-6H,(H,10,11);1H. The van der Waals surface area contributed by atoms with Crippen molar-refractivity contribution in [2.45, 2.75) is 0 Å². The van der Waals surface area contributed by atoms with Gasteiger partial charge in [0.25, 0.3) is 0 Å². The van der Waals surface area contributed by atoms with Crippen LogP contribution in [0.1, 0.15) is 0 Å². The van der Waals surface area contributed by atoms with E-state index in [2.05, 4.69) is 22.2 Å². The number of aromatic nitrogens is 3. The second kappa shape index (κ2) is 3.02. The molecule has 13 heavy (non-hydrogen) atoms. The lowest BCUT2D eigenvalue weighted by molar-refractivity contribution is -0.572. The maximum Gasteiger partial charge on any atom is 0.312 e. The molecule has 0 aliphatic heterocycles. The molecule has 2 N–H and O–H groups in total. The zero-order valence-corrected chi connectivity index (χ0v) is 8.95. The van der Waals surface area contributed by atoms with E-state index < -0.39 is 0 Å². The van der Waals surface area contributed by atoms with Crippen LogP contribution in [0.5, 0.6) is 0 Å². The molecule has 0 aliphatic rings. The van der Waals surface area contributed by atoms with E-state index in [0.29, 0.717) is 0 Å². The zero-order chi connectivity index (χ0) is 7.97. The van der Waals surface area contributed by atoms with Crippen LogP contribution < -0.4 is 28.5 Å². The Morgan fingerprint density at radius 1 is 1.15 bits per heavy atom. The number of imidazole rings is 1. The highest BCUT2D eigenvalue weighted by molar-refractivity contribution is 5.89. The molecule has 0 saturated carbocycles. The molecule has 2 aromatic heterocycles. The molecule has 66 valence electrons. The second-order valence-corrected chi connectivity index (χ2v) is 2.84. The van der Waals surface area contributed by atoms with Crippen LogP contribution in [0.2, 0.25) is 0 Å². The van der Waals surface area contributed by atoms with Crippen LogP contribution in [0.25, 0.3) is 16.6 Å². The minimum Gasteiger partial charge on any atom is -1.00 e. The molecule has 0 unspecified atom stereocenters. The molecule has 0 spiro atoms. The molecular weight excluding hydrogens is 277 g/mol. The van der Waals surface area contributed by atoms with Crippen LogP contribution in [-0.2, 0) is 0 Å². The highest BCUT2D eigenvalue weighted by Gasteiger charge is 2.08. The van der Waals surface area contributed by atoms with Gasteiger partial charge in [-0.15, -0.1) is 4.52 Å². The van der Waals surface area contributed by atoms with E-state index in [9.17, 15) is 0 Å². The summed E-state index contributed by atoms with van der Waals surface area (Å²) in [6, 6.07) is 8.23. The average molecular weight is 285 g/mol. The third-order valence-electron chi connectivity index (χ3n) is 2.11. The van der Waals surface area contributed by atoms with Crippen molar-refractivity contribution in [2.24, 2.45) is 0 Å². The molecule has 3 nitrogen and oxygen atoms in total. The summed E-state index contributed by atoms with van der Waals surface area (Å²) in [6.45, 7) is 0. The van der Waals surface area contributed by atoms with Gasteiger partial charge in [0, 0.05) is 0 Å². The number of para-hydroxylation sites is 1. The Labute approximate surface area is 91.8 Å². The number of fused-ring (bicyclic) bond motifs is 3. The molecule has 0 fully saturated rings. The van der Waals surface area contributed by atoms with Crippen molar-refractivity contribution in [3.05, 3.63) is 36.7 Å². The second-order valence-electron chi connectivity index (χ2n) is 2.84. The van der Waals surface area contributed by atoms with Gasteiger partial charge in [0.1, 0.15) is 6.20 Å². The number of nitrogens with zero attached hydrogens (tertiary/aromatic N) is 1. The number of benzene rings is 1. The van der Waals surface area contributed by atoms with E-state index in [1.165, 1.54) is 5.39 Å². The number of H-pyrrole nitrogens is 2. The highest BCUT2D eigenvalue weighted by Crippen LogP contribution is 2.12. The molecule has 0 radical (unpaired) electrons. The van der Waals surface area contributed by atoms with Crippen molar-refractivity contribution >= 4 is 16.6 Å². The fourth-order valence-electron chi connectivity index (χ4n) is 1.55. The molecule has 0 atom stereocenters. The molecule has 3 aromatic rings. The van der Waals surface area contributed by atoms with E-state index in [1.54, 1.807) is 0 Å². The van der Waals surface area contributed by atoms with Crippen LogP contribution in [0, 0.1) is 0 Å². The number of hydrogen-bond donors (Lipinski definition) is 2. The lowest BCUT2D eigenvalue weighted by atomic mass is 10.2.